The Morgan fingerprint density at radius 2 is 1.12 bits per heavy atom. The van der Waals surface area contributed by atoms with Crippen LogP contribution in [0.2, 0.25) is 0 Å². The molecule has 11 nitrogen and oxygen atoms in total. The van der Waals surface area contributed by atoms with Crippen molar-refractivity contribution in [1.82, 2.24) is 10.6 Å². The first-order valence-electron chi connectivity index (χ1n) is 9.32. The molecular weight excluding hydrogens is 767 g/mol. The van der Waals surface area contributed by atoms with E-state index in [0.717, 1.165) is 0 Å². The van der Waals surface area contributed by atoms with Gasteiger partial charge in [0.05, 0.1) is 62.5 Å². The van der Waals surface area contributed by atoms with Gasteiger partial charge >= 0.3 is 0 Å². The van der Waals surface area contributed by atoms with E-state index in [1.807, 2.05) is 67.8 Å². The van der Waals surface area contributed by atoms with Crippen LogP contribution in [0.3, 0.4) is 0 Å². The summed E-state index contributed by atoms with van der Waals surface area (Å²) in [5.74, 6) is -1.78. The largest absolute Gasteiger partial charge is 0.396 e. The lowest BCUT2D eigenvalue weighted by molar-refractivity contribution is -0.116. The molecule has 0 fully saturated rings. The summed E-state index contributed by atoms with van der Waals surface area (Å²) >= 11 is 5.53. The van der Waals surface area contributed by atoms with E-state index in [1.165, 1.54) is 0 Å². The molecule has 0 aliphatic heterocycles. The number of benzene rings is 1. The van der Waals surface area contributed by atoms with Gasteiger partial charge in [-0.2, -0.15) is 0 Å². The third-order valence-electron chi connectivity index (χ3n) is 4.15. The Bertz CT molecular complexity index is 779. The molecule has 8 N–H and O–H groups in total. The monoisotopic (exact) mass is 791 g/mol. The zero-order valence-corrected chi connectivity index (χ0v) is 23.2. The molecule has 0 spiro atoms. The summed E-state index contributed by atoms with van der Waals surface area (Å²) in [6, 6.07) is -1.86. The minimum absolute atomic E-state index is 0.0197. The van der Waals surface area contributed by atoms with Crippen molar-refractivity contribution in [2.75, 3.05) is 38.4 Å². The maximum Gasteiger partial charge on any atom is 0.253 e. The van der Waals surface area contributed by atoms with Crippen LogP contribution in [0.1, 0.15) is 33.6 Å². The van der Waals surface area contributed by atoms with Crippen LogP contribution < -0.4 is 16.0 Å². The Kier molecular flexibility index (Phi) is 13.7. The second kappa shape index (κ2) is 14.8. The number of halogens is 3. The fraction of sp³-hybridized carbons (Fsp3) is 0.500. The van der Waals surface area contributed by atoms with Crippen LogP contribution in [0.15, 0.2) is 0 Å². The zero-order chi connectivity index (χ0) is 24.4. The molecule has 1 rings (SSSR count). The molecule has 0 aliphatic carbocycles. The van der Waals surface area contributed by atoms with E-state index in [0.29, 0.717) is 7.14 Å². The molecule has 0 saturated heterocycles. The number of rotatable bonds is 12. The summed E-state index contributed by atoms with van der Waals surface area (Å²) in [4.78, 5) is 38.2. The normalized spacial score (nSPS) is 11.1. The summed E-state index contributed by atoms with van der Waals surface area (Å²) in [5.41, 5.74) is 0.301. The molecular formula is C18H24I3N3O8. The van der Waals surface area contributed by atoms with Crippen LogP contribution in [0.5, 0.6) is 0 Å². The third kappa shape index (κ3) is 7.84. The lowest BCUT2D eigenvalue weighted by atomic mass is 10.1. The average molecular weight is 791 g/mol. The van der Waals surface area contributed by atoms with Crippen molar-refractivity contribution in [3.63, 3.8) is 0 Å². The van der Waals surface area contributed by atoms with E-state index in [1.54, 1.807) is 0 Å². The number of hydrogen-bond acceptors (Lipinski definition) is 8. The van der Waals surface area contributed by atoms with Crippen molar-refractivity contribution in [2.45, 2.75) is 24.9 Å². The Labute approximate surface area is 225 Å². The number of nitrogens with one attached hydrogen (secondary N) is 3. The van der Waals surface area contributed by atoms with Crippen LogP contribution in [-0.4, -0.2) is 88.4 Å². The molecule has 0 bridgehead atoms. The first kappa shape index (κ1) is 29.7. The summed E-state index contributed by atoms with van der Waals surface area (Å²) in [6.45, 7) is -2.21. The number of amides is 3. The highest BCUT2D eigenvalue weighted by Crippen LogP contribution is 2.36. The first-order valence-corrected chi connectivity index (χ1v) is 12.6. The third-order valence-corrected chi connectivity index (χ3v) is 7.39. The van der Waals surface area contributed by atoms with Crippen LogP contribution in [-0.2, 0) is 4.79 Å². The molecule has 1 aromatic carbocycles. The molecule has 0 saturated carbocycles. The van der Waals surface area contributed by atoms with Crippen LogP contribution in [0, 0.1) is 10.7 Å². The van der Waals surface area contributed by atoms with Gasteiger partial charge in [0, 0.05) is 16.6 Å². The fourth-order valence-corrected chi connectivity index (χ4v) is 6.84. The quantitative estimate of drug-likeness (QED) is 0.129. The van der Waals surface area contributed by atoms with Gasteiger partial charge in [-0.15, -0.1) is 0 Å². The van der Waals surface area contributed by atoms with Crippen LogP contribution >= 0.6 is 67.8 Å². The minimum Gasteiger partial charge on any atom is -0.396 e. The zero-order valence-electron chi connectivity index (χ0n) is 16.7. The lowest BCUT2D eigenvalue weighted by Crippen LogP contribution is -2.42. The number of anilines is 1. The maximum atomic E-state index is 12.9. The molecule has 3 amide bonds. The average Bonchev–Trinajstić information content (AvgIpc) is 2.77. The van der Waals surface area contributed by atoms with Crippen molar-refractivity contribution in [3.8, 4) is 0 Å². The summed E-state index contributed by atoms with van der Waals surface area (Å²) in [7, 11) is 0. The number of aliphatic hydroxyl groups excluding tert-OH is 5. The van der Waals surface area contributed by atoms with Gasteiger partial charge in [0.1, 0.15) is 0 Å². The second-order valence-corrected chi connectivity index (χ2v) is 9.75. The molecule has 180 valence electrons. The predicted molar refractivity (Wildman–Crippen MR) is 140 cm³/mol. The highest BCUT2D eigenvalue weighted by atomic mass is 127. The number of carbonyl (C=O) groups is 3. The molecule has 14 heteroatoms. The maximum absolute atomic E-state index is 12.9. The van der Waals surface area contributed by atoms with E-state index in [-0.39, 0.29) is 39.8 Å². The molecule has 0 aliphatic rings. The van der Waals surface area contributed by atoms with Crippen LogP contribution in [0.4, 0.5) is 5.69 Å². The van der Waals surface area contributed by atoms with Gasteiger partial charge in [-0.25, -0.2) is 0 Å². The van der Waals surface area contributed by atoms with Crippen molar-refractivity contribution in [3.05, 3.63) is 21.8 Å². The fourth-order valence-electron chi connectivity index (χ4n) is 2.43. The van der Waals surface area contributed by atoms with Crippen molar-refractivity contribution >= 4 is 91.2 Å². The van der Waals surface area contributed by atoms with Gasteiger partial charge < -0.3 is 41.5 Å². The SMILES string of the molecule is O=C(CCCO)Nc1c(I)c(C(=O)NC(CO)CO)c(I)c(C(=O)NC(CO)CO)c1I. The Morgan fingerprint density at radius 1 is 0.719 bits per heavy atom. The van der Waals surface area contributed by atoms with Gasteiger partial charge in [-0.3, -0.25) is 14.4 Å². The minimum atomic E-state index is -0.929. The van der Waals surface area contributed by atoms with Gasteiger partial charge in [0.15, 0.2) is 0 Å². The number of hydrogen-bond donors (Lipinski definition) is 8. The van der Waals surface area contributed by atoms with Crippen LogP contribution in [0.25, 0.3) is 0 Å². The van der Waals surface area contributed by atoms with Gasteiger partial charge in [-0.1, -0.05) is 0 Å². The van der Waals surface area contributed by atoms with Gasteiger partial charge in [-0.05, 0) is 74.2 Å². The highest BCUT2D eigenvalue weighted by Gasteiger charge is 2.30. The molecule has 0 aromatic heterocycles. The molecule has 1 aromatic rings. The molecule has 0 radical (unpaired) electrons. The van der Waals surface area contributed by atoms with E-state index >= 15 is 0 Å². The summed E-state index contributed by atoms with van der Waals surface area (Å²) in [5, 5.41) is 53.7. The molecule has 0 atom stereocenters. The standard InChI is InChI=1S/C18H24I3N3O8/c19-13-11(17(31)22-8(4-26)5-27)14(20)16(24-10(30)2-1-3-25)15(21)12(13)18(32)23-9(6-28)7-29/h8-9,25-29H,1-7H2,(H,22,31)(H,23,32)(H,24,30). The molecule has 32 heavy (non-hydrogen) atoms. The molecule has 0 unspecified atom stereocenters. The second-order valence-electron chi connectivity index (χ2n) is 6.51. The number of carbonyl (C=O) groups excluding carboxylic acids is 3. The van der Waals surface area contributed by atoms with E-state index < -0.39 is 56.2 Å². The highest BCUT2D eigenvalue weighted by molar-refractivity contribution is 14.1. The first-order chi connectivity index (χ1) is 15.2. The van der Waals surface area contributed by atoms with Crippen molar-refractivity contribution in [1.29, 1.82) is 0 Å². The smallest absolute Gasteiger partial charge is 0.253 e. The van der Waals surface area contributed by atoms with Crippen molar-refractivity contribution < 1.29 is 39.9 Å². The van der Waals surface area contributed by atoms with Crippen molar-refractivity contribution in [2.24, 2.45) is 0 Å². The van der Waals surface area contributed by atoms with E-state index in [9.17, 15) is 34.8 Å². The number of aliphatic hydroxyl groups is 5. The molecule has 0 heterocycles. The topological polar surface area (TPSA) is 188 Å². The summed E-state index contributed by atoms with van der Waals surface area (Å²) < 4.78 is 0.903. The lowest BCUT2D eigenvalue weighted by Gasteiger charge is -2.22. The van der Waals surface area contributed by atoms with E-state index in [4.69, 9.17) is 5.11 Å². The van der Waals surface area contributed by atoms with Gasteiger partial charge in [0.2, 0.25) is 5.91 Å². The predicted octanol–water partition coefficient (Wildman–Crippen LogP) is -0.623. The Morgan fingerprint density at radius 3 is 1.47 bits per heavy atom. The van der Waals surface area contributed by atoms with E-state index in [2.05, 4.69) is 16.0 Å². The van der Waals surface area contributed by atoms with Gasteiger partial charge in [0.25, 0.3) is 11.8 Å². The summed E-state index contributed by atoms with van der Waals surface area (Å²) in [6.07, 6.45) is 0.249. The Hall–Kier alpha value is -0.380. The Balaban J connectivity index is 3.59.